The SMILES string of the molecule is Cc1ccc(OS(C)(C)OS(=O)(=O)CC23CCC(CC2=O)C3(C)C)cc1. The van der Waals surface area contributed by atoms with Crippen LogP contribution in [0.25, 0.3) is 0 Å². The molecule has 0 N–H and O–H groups in total. The van der Waals surface area contributed by atoms with Gasteiger partial charge in [-0.1, -0.05) is 31.5 Å². The van der Waals surface area contributed by atoms with E-state index < -0.39 is 26.1 Å². The lowest BCUT2D eigenvalue weighted by atomic mass is 9.70. The van der Waals surface area contributed by atoms with E-state index in [1.807, 2.05) is 32.9 Å². The molecule has 1 aromatic rings. The molecular formula is C19H28O5S2. The highest BCUT2D eigenvalue weighted by atomic mass is 32.3. The summed E-state index contributed by atoms with van der Waals surface area (Å²) in [5, 5.41) is 0. The van der Waals surface area contributed by atoms with Gasteiger partial charge < -0.3 is 4.18 Å². The molecule has 0 amide bonds. The molecule has 3 rings (SSSR count). The van der Waals surface area contributed by atoms with Gasteiger partial charge in [-0.2, -0.15) is 12.0 Å². The van der Waals surface area contributed by atoms with Crippen molar-refractivity contribution < 1.29 is 21.0 Å². The van der Waals surface area contributed by atoms with Gasteiger partial charge >= 0.3 is 0 Å². The van der Waals surface area contributed by atoms with E-state index in [9.17, 15) is 13.2 Å². The van der Waals surface area contributed by atoms with E-state index in [0.29, 0.717) is 18.6 Å². The van der Waals surface area contributed by atoms with Crippen LogP contribution < -0.4 is 4.18 Å². The third-order valence-corrected chi connectivity index (χ3v) is 9.73. The molecule has 0 aromatic heterocycles. The van der Waals surface area contributed by atoms with Crippen molar-refractivity contribution in [1.82, 2.24) is 0 Å². The van der Waals surface area contributed by atoms with Crippen molar-refractivity contribution in [2.45, 2.75) is 40.0 Å². The zero-order chi connectivity index (χ0) is 19.4. The van der Waals surface area contributed by atoms with Crippen LogP contribution in [0.5, 0.6) is 5.75 Å². The third-order valence-electron chi connectivity index (χ3n) is 6.15. The summed E-state index contributed by atoms with van der Waals surface area (Å²) in [5.74, 6) is 0.658. The number of ketones is 1. The summed E-state index contributed by atoms with van der Waals surface area (Å²) in [4.78, 5) is 12.6. The van der Waals surface area contributed by atoms with Crippen molar-refractivity contribution in [1.29, 1.82) is 0 Å². The quantitative estimate of drug-likeness (QED) is 0.722. The summed E-state index contributed by atoms with van der Waals surface area (Å²) in [7, 11) is -6.23. The first kappa shape index (κ1) is 19.7. The number of carbonyl (C=O) groups is 1. The maximum Gasteiger partial charge on any atom is 0.287 e. The van der Waals surface area contributed by atoms with Crippen molar-refractivity contribution in [3.05, 3.63) is 29.8 Å². The Morgan fingerprint density at radius 3 is 2.27 bits per heavy atom. The first-order valence-corrected chi connectivity index (χ1v) is 12.7. The fourth-order valence-electron chi connectivity index (χ4n) is 4.52. The monoisotopic (exact) mass is 400 g/mol. The lowest BCUT2D eigenvalue weighted by molar-refractivity contribution is -0.128. The number of hydrogen-bond acceptors (Lipinski definition) is 5. The Bertz CT molecular complexity index is 811. The minimum absolute atomic E-state index is 0.0678. The highest BCUT2D eigenvalue weighted by Crippen LogP contribution is 2.64. The highest BCUT2D eigenvalue weighted by molar-refractivity contribution is 8.28. The molecule has 26 heavy (non-hydrogen) atoms. The predicted octanol–water partition coefficient (Wildman–Crippen LogP) is 4.01. The predicted molar refractivity (Wildman–Crippen MR) is 105 cm³/mol. The van der Waals surface area contributed by atoms with Gasteiger partial charge in [0.1, 0.15) is 5.78 Å². The van der Waals surface area contributed by atoms with Gasteiger partial charge in [-0.25, -0.2) is 0 Å². The molecule has 2 atom stereocenters. The molecule has 0 radical (unpaired) electrons. The van der Waals surface area contributed by atoms with E-state index in [0.717, 1.165) is 12.0 Å². The number of carbonyl (C=O) groups excluding carboxylic acids is 1. The van der Waals surface area contributed by atoms with Crippen LogP contribution in [0.3, 0.4) is 0 Å². The summed E-state index contributed by atoms with van der Waals surface area (Å²) >= 11 is 0. The van der Waals surface area contributed by atoms with Gasteiger partial charge in [0.25, 0.3) is 10.1 Å². The fourth-order valence-corrected chi connectivity index (χ4v) is 8.68. The highest BCUT2D eigenvalue weighted by Gasteiger charge is 2.65. The molecule has 146 valence electrons. The van der Waals surface area contributed by atoms with Gasteiger partial charge in [0.2, 0.25) is 0 Å². The number of benzene rings is 1. The molecule has 0 saturated heterocycles. The van der Waals surface area contributed by atoms with E-state index >= 15 is 0 Å². The van der Waals surface area contributed by atoms with Crippen molar-refractivity contribution in [3.8, 4) is 5.75 Å². The second-order valence-electron chi connectivity index (χ2n) is 8.48. The normalized spacial score (nSPS) is 28.3. The number of fused-ring (bicyclic) bond motifs is 2. The molecule has 0 spiro atoms. The van der Waals surface area contributed by atoms with Crippen LogP contribution in [0.1, 0.15) is 38.7 Å². The minimum atomic E-state index is -3.91. The zero-order valence-electron chi connectivity index (χ0n) is 16.1. The summed E-state index contributed by atoms with van der Waals surface area (Å²) in [6.45, 7) is 6.01. The largest absolute Gasteiger partial charge is 0.391 e. The van der Waals surface area contributed by atoms with Crippen molar-refractivity contribution in [3.63, 3.8) is 0 Å². The number of aryl methyl sites for hydroxylation is 1. The van der Waals surface area contributed by atoms with E-state index in [-0.39, 0.29) is 22.9 Å². The molecule has 0 aliphatic heterocycles. The third kappa shape index (κ3) is 3.41. The number of Topliss-reactive ketones (excluding diaryl/α,β-unsaturated/α-hetero) is 1. The van der Waals surface area contributed by atoms with Crippen LogP contribution in [-0.2, 0) is 18.5 Å². The van der Waals surface area contributed by atoms with Gasteiger partial charge in [-0.05, 0) is 43.2 Å². The van der Waals surface area contributed by atoms with Gasteiger partial charge in [0.15, 0.2) is 5.75 Å². The second-order valence-corrected chi connectivity index (χ2v) is 12.9. The molecule has 2 fully saturated rings. The van der Waals surface area contributed by atoms with E-state index in [1.54, 1.807) is 24.6 Å². The molecule has 7 heteroatoms. The van der Waals surface area contributed by atoms with Crippen molar-refractivity contribution in [2.24, 2.45) is 16.7 Å². The summed E-state index contributed by atoms with van der Waals surface area (Å²) < 4.78 is 37.0. The zero-order valence-corrected chi connectivity index (χ0v) is 17.7. The maximum absolute atomic E-state index is 12.8. The molecule has 1 aromatic carbocycles. The Balaban J connectivity index is 1.76. The van der Waals surface area contributed by atoms with Gasteiger partial charge in [-0.15, -0.1) is 10.6 Å². The molecule has 5 nitrogen and oxygen atoms in total. The molecule has 2 aliphatic carbocycles. The summed E-state index contributed by atoms with van der Waals surface area (Å²) in [5.41, 5.74) is -0.0382. The van der Waals surface area contributed by atoms with Crippen LogP contribution in [0, 0.1) is 23.7 Å². The Morgan fingerprint density at radius 2 is 1.77 bits per heavy atom. The van der Waals surface area contributed by atoms with Crippen LogP contribution >= 0.6 is 10.6 Å². The Kier molecular flexibility index (Phi) is 4.73. The second kappa shape index (κ2) is 6.24. The average molecular weight is 401 g/mol. The molecule has 2 aliphatic rings. The molecule has 2 bridgehead atoms. The van der Waals surface area contributed by atoms with Gasteiger partial charge in [0, 0.05) is 18.9 Å². The van der Waals surface area contributed by atoms with E-state index in [2.05, 4.69) is 0 Å². The lowest BCUT2D eigenvalue weighted by Gasteiger charge is -2.39. The van der Waals surface area contributed by atoms with Crippen LogP contribution in [0.15, 0.2) is 24.3 Å². The Hall–Kier alpha value is -1.05. The first-order valence-electron chi connectivity index (χ1n) is 8.83. The van der Waals surface area contributed by atoms with Crippen molar-refractivity contribution in [2.75, 3.05) is 18.3 Å². The Morgan fingerprint density at radius 1 is 1.15 bits per heavy atom. The Labute approximate surface area is 158 Å². The van der Waals surface area contributed by atoms with E-state index in [1.165, 1.54) is 0 Å². The first-order chi connectivity index (χ1) is 11.9. The number of hydrogen-bond donors (Lipinski definition) is 0. The minimum Gasteiger partial charge on any atom is -0.391 e. The van der Waals surface area contributed by atoms with Crippen molar-refractivity contribution >= 4 is 26.5 Å². The molecular weight excluding hydrogens is 372 g/mol. The smallest absolute Gasteiger partial charge is 0.287 e. The number of rotatable bonds is 6. The molecule has 0 heterocycles. The summed E-state index contributed by atoms with van der Waals surface area (Å²) in [6.07, 6.45) is 5.33. The van der Waals surface area contributed by atoms with Crippen LogP contribution in [-0.4, -0.2) is 32.5 Å². The topological polar surface area (TPSA) is 69.7 Å². The van der Waals surface area contributed by atoms with Gasteiger partial charge in [-0.3, -0.25) is 4.79 Å². The average Bonchev–Trinajstić information content (AvgIpc) is 2.81. The van der Waals surface area contributed by atoms with Gasteiger partial charge in [0.05, 0.1) is 11.2 Å². The maximum atomic E-state index is 12.8. The molecule has 2 unspecified atom stereocenters. The lowest BCUT2D eigenvalue weighted by Crippen LogP contribution is -2.42. The van der Waals surface area contributed by atoms with E-state index in [4.69, 9.17) is 7.81 Å². The summed E-state index contributed by atoms with van der Waals surface area (Å²) in [6, 6.07) is 7.39. The molecule has 2 saturated carbocycles. The fraction of sp³-hybridized carbons (Fsp3) is 0.632. The standard InChI is InChI=1S/C19H28O5S2/c1-14-6-8-16(9-7-14)23-25(4,5)24-26(21,22)13-19-11-10-15(12-17(19)20)18(19,2)3/h6-9,15H,10-13H2,1-5H3. The van der Waals surface area contributed by atoms with Crippen LogP contribution in [0.4, 0.5) is 0 Å². The van der Waals surface area contributed by atoms with Crippen LogP contribution in [0.2, 0.25) is 0 Å².